The standard InChI is InChI=1S/C18H24N2O4/c1-20(16-6-4-3-5-7-16)17(21)13-24-19-12-14-8-10-15(11-9-14)18(22)23-2/h8-12,16H,3-7,13H2,1-2H3/b19-12-. The van der Waals surface area contributed by atoms with Crippen molar-refractivity contribution in [3.63, 3.8) is 0 Å². The van der Waals surface area contributed by atoms with E-state index in [9.17, 15) is 9.59 Å². The fraction of sp³-hybridized carbons (Fsp3) is 0.500. The average molecular weight is 332 g/mol. The van der Waals surface area contributed by atoms with Crippen molar-refractivity contribution in [2.75, 3.05) is 20.8 Å². The fourth-order valence-corrected chi connectivity index (χ4v) is 2.79. The number of likely N-dealkylation sites (N-methyl/N-ethyl adjacent to an activating group) is 1. The molecule has 0 radical (unpaired) electrons. The molecule has 130 valence electrons. The van der Waals surface area contributed by atoms with Gasteiger partial charge in [-0.2, -0.15) is 0 Å². The van der Waals surface area contributed by atoms with Crippen LogP contribution in [0.25, 0.3) is 0 Å². The van der Waals surface area contributed by atoms with Gasteiger partial charge in [0.1, 0.15) is 0 Å². The number of rotatable bonds is 6. The van der Waals surface area contributed by atoms with Crippen LogP contribution in [0.5, 0.6) is 0 Å². The molecule has 1 fully saturated rings. The molecular formula is C18H24N2O4. The third-order valence-corrected chi connectivity index (χ3v) is 4.31. The molecular weight excluding hydrogens is 308 g/mol. The Bertz CT molecular complexity index is 577. The number of benzene rings is 1. The third kappa shape index (κ3) is 5.08. The van der Waals surface area contributed by atoms with Gasteiger partial charge in [0.15, 0.2) is 6.61 Å². The first-order valence-electron chi connectivity index (χ1n) is 8.21. The molecule has 0 spiro atoms. The molecule has 0 saturated heterocycles. The molecule has 0 bridgehead atoms. The number of nitrogens with zero attached hydrogens (tertiary/aromatic N) is 2. The van der Waals surface area contributed by atoms with E-state index in [0.717, 1.165) is 18.4 Å². The maximum atomic E-state index is 12.1. The summed E-state index contributed by atoms with van der Waals surface area (Å²) in [6.07, 6.45) is 7.27. The van der Waals surface area contributed by atoms with Crippen molar-refractivity contribution in [1.29, 1.82) is 0 Å². The van der Waals surface area contributed by atoms with E-state index in [2.05, 4.69) is 9.89 Å². The lowest BCUT2D eigenvalue weighted by Crippen LogP contribution is -2.40. The van der Waals surface area contributed by atoms with Crippen molar-refractivity contribution >= 4 is 18.1 Å². The van der Waals surface area contributed by atoms with E-state index in [-0.39, 0.29) is 18.5 Å². The molecule has 0 aromatic heterocycles. The van der Waals surface area contributed by atoms with E-state index in [1.165, 1.54) is 32.6 Å². The molecule has 2 rings (SSSR count). The van der Waals surface area contributed by atoms with Crippen LogP contribution in [0, 0.1) is 0 Å². The summed E-state index contributed by atoms with van der Waals surface area (Å²) in [7, 11) is 3.17. The van der Waals surface area contributed by atoms with Crippen molar-refractivity contribution in [2.45, 2.75) is 38.1 Å². The zero-order valence-electron chi connectivity index (χ0n) is 14.2. The van der Waals surface area contributed by atoms with Gasteiger partial charge in [0.25, 0.3) is 5.91 Å². The van der Waals surface area contributed by atoms with Crippen LogP contribution in [0.15, 0.2) is 29.4 Å². The van der Waals surface area contributed by atoms with Crippen LogP contribution in [-0.4, -0.2) is 49.8 Å². The molecule has 6 nitrogen and oxygen atoms in total. The van der Waals surface area contributed by atoms with Crippen LogP contribution >= 0.6 is 0 Å². The minimum absolute atomic E-state index is 0.0555. The monoisotopic (exact) mass is 332 g/mol. The van der Waals surface area contributed by atoms with E-state index < -0.39 is 0 Å². The van der Waals surface area contributed by atoms with Crippen molar-refractivity contribution in [3.05, 3.63) is 35.4 Å². The molecule has 24 heavy (non-hydrogen) atoms. The van der Waals surface area contributed by atoms with Gasteiger partial charge in [0.05, 0.1) is 18.9 Å². The molecule has 1 aliphatic rings. The normalized spacial score (nSPS) is 15.2. The summed E-state index contributed by atoms with van der Waals surface area (Å²) in [5.74, 6) is -0.439. The van der Waals surface area contributed by atoms with Gasteiger partial charge in [-0.05, 0) is 30.5 Å². The summed E-state index contributed by atoms with van der Waals surface area (Å²) in [4.78, 5) is 30.3. The van der Waals surface area contributed by atoms with E-state index in [1.807, 2.05) is 7.05 Å². The molecule has 1 saturated carbocycles. The molecule has 0 atom stereocenters. The van der Waals surface area contributed by atoms with Crippen molar-refractivity contribution in [3.8, 4) is 0 Å². The van der Waals surface area contributed by atoms with E-state index in [0.29, 0.717) is 11.6 Å². The minimum atomic E-state index is -0.383. The summed E-state index contributed by atoms with van der Waals surface area (Å²) in [5, 5.41) is 3.82. The van der Waals surface area contributed by atoms with Gasteiger partial charge in [-0.3, -0.25) is 4.79 Å². The van der Waals surface area contributed by atoms with Gasteiger partial charge in [0.2, 0.25) is 0 Å². The Morgan fingerprint density at radius 3 is 2.50 bits per heavy atom. The maximum Gasteiger partial charge on any atom is 0.337 e. The number of ether oxygens (including phenoxy) is 1. The highest BCUT2D eigenvalue weighted by molar-refractivity contribution is 5.90. The van der Waals surface area contributed by atoms with E-state index in [1.54, 1.807) is 29.2 Å². The lowest BCUT2D eigenvalue weighted by molar-refractivity contribution is -0.137. The molecule has 1 aromatic rings. The summed E-state index contributed by atoms with van der Waals surface area (Å²) < 4.78 is 4.63. The topological polar surface area (TPSA) is 68.2 Å². The number of esters is 1. The molecule has 0 heterocycles. The first-order valence-corrected chi connectivity index (χ1v) is 8.21. The predicted octanol–water partition coefficient (Wildman–Crippen LogP) is 2.61. The van der Waals surface area contributed by atoms with Crippen LogP contribution < -0.4 is 0 Å². The summed E-state index contributed by atoms with van der Waals surface area (Å²) in [5.41, 5.74) is 1.25. The zero-order valence-corrected chi connectivity index (χ0v) is 14.2. The van der Waals surface area contributed by atoms with E-state index in [4.69, 9.17) is 4.84 Å². The largest absolute Gasteiger partial charge is 0.465 e. The van der Waals surface area contributed by atoms with Crippen molar-refractivity contribution in [2.24, 2.45) is 5.16 Å². The zero-order chi connectivity index (χ0) is 17.4. The van der Waals surface area contributed by atoms with Gasteiger partial charge in [-0.25, -0.2) is 4.79 Å². The molecule has 0 N–H and O–H groups in total. The first-order chi connectivity index (χ1) is 11.6. The van der Waals surface area contributed by atoms with Gasteiger partial charge >= 0.3 is 5.97 Å². The van der Waals surface area contributed by atoms with Gasteiger partial charge in [-0.1, -0.05) is 36.6 Å². The fourth-order valence-electron chi connectivity index (χ4n) is 2.79. The Labute approximate surface area is 142 Å². The number of amides is 1. The molecule has 1 amide bonds. The number of methoxy groups -OCH3 is 1. The lowest BCUT2D eigenvalue weighted by atomic mass is 9.94. The summed E-state index contributed by atoms with van der Waals surface area (Å²) in [6, 6.07) is 7.08. The second-order valence-corrected chi connectivity index (χ2v) is 5.92. The maximum absolute atomic E-state index is 12.1. The number of oxime groups is 1. The molecule has 0 aliphatic heterocycles. The van der Waals surface area contributed by atoms with Crippen molar-refractivity contribution < 1.29 is 19.2 Å². The number of carbonyl (C=O) groups is 2. The minimum Gasteiger partial charge on any atom is -0.465 e. The Hall–Kier alpha value is -2.37. The Morgan fingerprint density at radius 2 is 1.88 bits per heavy atom. The second-order valence-electron chi connectivity index (χ2n) is 5.92. The Kier molecular flexibility index (Phi) is 6.78. The second kappa shape index (κ2) is 9.05. The number of carbonyl (C=O) groups excluding carboxylic acids is 2. The average Bonchev–Trinajstić information content (AvgIpc) is 2.65. The SMILES string of the molecule is COC(=O)c1ccc(/C=N\OCC(=O)N(C)C2CCCCC2)cc1. The highest BCUT2D eigenvalue weighted by atomic mass is 16.6. The van der Waals surface area contributed by atoms with Crippen LogP contribution in [0.3, 0.4) is 0 Å². The number of hydrogen-bond acceptors (Lipinski definition) is 5. The van der Waals surface area contributed by atoms with Crippen LogP contribution in [0.1, 0.15) is 48.0 Å². The van der Waals surface area contributed by atoms with E-state index >= 15 is 0 Å². The quantitative estimate of drug-likeness (QED) is 0.456. The van der Waals surface area contributed by atoms with Crippen LogP contribution in [0.4, 0.5) is 0 Å². The predicted molar refractivity (Wildman–Crippen MR) is 91.0 cm³/mol. The molecule has 1 aromatic carbocycles. The van der Waals surface area contributed by atoms with Gasteiger partial charge in [0, 0.05) is 13.1 Å². The third-order valence-electron chi connectivity index (χ3n) is 4.31. The summed E-state index contributed by atoms with van der Waals surface area (Å²) >= 11 is 0. The lowest BCUT2D eigenvalue weighted by Gasteiger charge is -2.30. The van der Waals surface area contributed by atoms with Crippen LogP contribution in [0.2, 0.25) is 0 Å². The highest BCUT2D eigenvalue weighted by Gasteiger charge is 2.22. The van der Waals surface area contributed by atoms with Gasteiger partial charge < -0.3 is 14.5 Å². The van der Waals surface area contributed by atoms with Gasteiger partial charge in [-0.15, -0.1) is 0 Å². The first kappa shape index (κ1) is 18.0. The van der Waals surface area contributed by atoms with Crippen LogP contribution in [-0.2, 0) is 14.4 Å². The molecule has 0 unspecified atom stereocenters. The summed E-state index contributed by atoms with van der Waals surface area (Å²) in [6.45, 7) is -0.0657. The molecule has 1 aliphatic carbocycles. The smallest absolute Gasteiger partial charge is 0.337 e. The number of hydrogen-bond donors (Lipinski definition) is 0. The molecule has 6 heteroatoms. The Balaban J connectivity index is 1.77. The van der Waals surface area contributed by atoms with Crippen molar-refractivity contribution in [1.82, 2.24) is 4.90 Å². The Morgan fingerprint density at radius 1 is 1.21 bits per heavy atom. The highest BCUT2D eigenvalue weighted by Crippen LogP contribution is 2.21.